The Morgan fingerprint density at radius 3 is 2.71 bits per heavy atom. The molecular weight excluding hydrogens is 234 g/mol. The molecule has 0 unspecified atom stereocenters. The molecule has 17 heavy (non-hydrogen) atoms. The van der Waals surface area contributed by atoms with Gasteiger partial charge in [-0.25, -0.2) is 4.98 Å². The number of hydrogen-bond acceptors (Lipinski definition) is 5. The van der Waals surface area contributed by atoms with Crippen LogP contribution in [-0.2, 0) is 0 Å². The summed E-state index contributed by atoms with van der Waals surface area (Å²) in [7, 11) is 0. The topological polar surface area (TPSA) is 51.8 Å². The first-order chi connectivity index (χ1) is 8.33. The average Bonchev–Trinajstić information content (AvgIpc) is 2.98. The van der Waals surface area contributed by atoms with Crippen molar-refractivity contribution < 1.29 is 4.52 Å². The van der Waals surface area contributed by atoms with Gasteiger partial charge in [0.1, 0.15) is 4.88 Å². The van der Waals surface area contributed by atoms with E-state index in [9.17, 15) is 0 Å². The number of benzene rings is 1. The molecule has 84 valence electrons. The number of thiazole rings is 1. The maximum Gasteiger partial charge on any atom is 0.269 e. The second-order valence-corrected chi connectivity index (χ2v) is 4.77. The molecule has 0 N–H and O–H groups in total. The van der Waals surface area contributed by atoms with Gasteiger partial charge >= 0.3 is 0 Å². The third-order valence-corrected chi connectivity index (χ3v) is 3.19. The van der Waals surface area contributed by atoms with Crippen molar-refractivity contribution in [3.63, 3.8) is 0 Å². The van der Waals surface area contributed by atoms with Crippen LogP contribution in [0.1, 0.15) is 5.01 Å². The van der Waals surface area contributed by atoms with Gasteiger partial charge < -0.3 is 4.52 Å². The highest BCUT2D eigenvalue weighted by Crippen LogP contribution is 2.26. The van der Waals surface area contributed by atoms with Crippen molar-refractivity contribution in [2.24, 2.45) is 0 Å². The lowest BCUT2D eigenvalue weighted by atomic mass is 10.2. The van der Waals surface area contributed by atoms with Crippen molar-refractivity contribution in [2.45, 2.75) is 6.92 Å². The predicted octanol–water partition coefficient (Wildman–Crippen LogP) is 3.17. The van der Waals surface area contributed by atoms with Crippen molar-refractivity contribution in [1.82, 2.24) is 15.1 Å². The Bertz CT molecular complexity index is 630. The van der Waals surface area contributed by atoms with E-state index in [-0.39, 0.29) is 0 Å². The van der Waals surface area contributed by atoms with Gasteiger partial charge in [0.25, 0.3) is 5.89 Å². The van der Waals surface area contributed by atoms with Gasteiger partial charge in [-0.3, -0.25) is 0 Å². The van der Waals surface area contributed by atoms with E-state index in [0.29, 0.717) is 11.7 Å². The minimum atomic E-state index is 0.523. The largest absolute Gasteiger partial charge is 0.333 e. The Morgan fingerprint density at radius 2 is 2.00 bits per heavy atom. The standard InChI is InChI=1S/C12H9N3OS/c1-8-13-7-10(17-8)12-14-11(15-16-12)9-5-3-2-4-6-9/h2-7H,1H3. The summed E-state index contributed by atoms with van der Waals surface area (Å²) in [6.45, 7) is 1.95. The minimum absolute atomic E-state index is 0.523. The lowest BCUT2D eigenvalue weighted by Crippen LogP contribution is -1.78. The highest BCUT2D eigenvalue weighted by atomic mass is 32.1. The number of rotatable bonds is 2. The first-order valence-electron chi connectivity index (χ1n) is 5.15. The van der Waals surface area contributed by atoms with E-state index in [1.165, 1.54) is 0 Å². The smallest absolute Gasteiger partial charge is 0.269 e. The first-order valence-corrected chi connectivity index (χ1v) is 5.96. The molecule has 0 fully saturated rings. The zero-order valence-electron chi connectivity index (χ0n) is 9.12. The fraction of sp³-hybridized carbons (Fsp3) is 0.0833. The second-order valence-electron chi connectivity index (χ2n) is 3.53. The SMILES string of the molecule is Cc1ncc(-c2nc(-c3ccccc3)no2)s1. The molecule has 0 aliphatic carbocycles. The molecule has 3 aromatic rings. The molecule has 0 amide bonds. The summed E-state index contributed by atoms with van der Waals surface area (Å²) in [5.74, 6) is 1.13. The predicted molar refractivity (Wildman–Crippen MR) is 65.6 cm³/mol. The quantitative estimate of drug-likeness (QED) is 0.693. The Labute approximate surface area is 102 Å². The van der Waals surface area contributed by atoms with Crippen molar-refractivity contribution in [3.8, 4) is 22.2 Å². The van der Waals surface area contributed by atoms with Gasteiger partial charge in [0, 0.05) is 5.56 Å². The van der Waals surface area contributed by atoms with Crippen LogP contribution in [0.2, 0.25) is 0 Å². The molecule has 0 saturated carbocycles. The number of aromatic nitrogens is 3. The normalized spacial score (nSPS) is 10.6. The fourth-order valence-corrected chi connectivity index (χ4v) is 2.19. The number of aryl methyl sites for hydroxylation is 1. The van der Waals surface area contributed by atoms with Crippen LogP contribution in [0, 0.1) is 6.92 Å². The minimum Gasteiger partial charge on any atom is -0.333 e. The van der Waals surface area contributed by atoms with Crippen molar-refractivity contribution in [2.75, 3.05) is 0 Å². The van der Waals surface area contributed by atoms with E-state index in [4.69, 9.17) is 4.52 Å². The van der Waals surface area contributed by atoms with Crippen molar-refractivity contribution >= 4 is 11.3 Å². The summed E-state index contributed by atoms with van der Waals surface area (Å²) < 4.78 is 5.23. The molecule has 0 atom stereocenters. The molecule has 0 radical (unpaired) electrons. The van der Waals surface area contributed by atoms with Crippen molar-refractivity contribution in [3.05, 3.63) is 41.5 Å². The lowest BCUT2D eigenvalue weighted by Gasteiger charge is -1.90. The van der Waals surface area contributed by atoms with E-state index in [2.05, 4.69) is 15.1 Å². The second kappa shape index (κ2) is 4.10. The molecule has 2 heterocycles. The Hall–Kier alpha value is -2.01. The summed E-state index contributed by atoms with van der Waals surface area (Å²) in [5.41, 5.74) is 0.948. The van der Waals surface area contributed by atoms with Crippen LogP contribution in [0.5, 0.6) is 0 Å². The van der Waals surface area contributed by atoms with Crippen LogP contribution in [0.25, 0.3) is 22.2 Å². The molecule has 2 aromatic heterocycles. The monoisotopic (exact) mass is 243 g/mol. The number of hydrogen-bond donors (Lipinski definition) is 0. The van der Waals surface area contributed by atoms with Crippen LogP contribution in [0.15, 0.2) is 41.1 Å². The summed E-state index contributed by atoms with van der Waals surface area (Å²) in [6.07, 6.45) is 1.75. The van der Waals surface area contributed by atoms with Crippen LogP contribution in [-0.4, -0.2) is 15.1 Å². The van der Waals surface area contributed by atoms with E-state index in [1.807, 2.05) is 37.3 Å². The van der Waals surface area contributed by atoms with Gasteiger partial charge in [0.15, 0.2) is 0 Å². The molecule has 0 saturated heterocycles. The highest BCUT2D eigenvalue weighted by Gasteiger charge is 2.12. The molecule has 0 aliphatic rings. The molecule has 0 bridgehead atoms. The maximum atomic E-state index is 5.23. The Balaban J connectivity index is 1.99. The molecule has 0 aliphatic heterocycles. The summed E-state index contributed by atoms with van der Waals surface area (Å²) in [5, 5.41) is 4.95. The molecular formula is C12H9N3OS. The average molecular weight is 243 g/mol. The fourth-order valence-electron chi connectivity index (χ4n) is 1.49. The van der Waals surface area contributed by atoms with E-state index >= 15 is 0 Å². The third-order valence-electron chi connectivity index (χ3n) is 2.29. The van der Waals surface area contributed by atoms with E-state index in [0.717, 1.165) is 15.4 Å². The summed E-state index contributed by atoms with van der Waals surface area (Å²) >= 11 is 1.54. The molecule has 1 aromatic carbocycles. The molecule has 0 spiro atoms. The first kappa shape index (κ1) is 10.2. The zero-order valence-corrected chi connectivity index (χ0v) is 9.94. The van der Waals surface area contributed by atoms with Crippen molar-refractivity contribution in [1.29, 1.82) is 0 Å². The van der Waals surface area contributed by atoms with Gasteiger partial charge in [-0.1, -0.05) is 35.5 Å². The highest BCUT2D eigenvalue weighted by molar-refractivity contribution is 7.14. The van der Waals surface area contributed by atoms with Gasteiger partial charge in [0.2, 0.25) is 5.82 Å². The van der Waals surface area contributed by atoms with Gasteiger partial charge in [-0.15, -0.1) is 11.3 Å². The lowest BCUT2D eigenvalue weighted by molar-refractivity contribution is 0.433. The molecule has 4 nitrogen and oxygen atoms in total. The summed E-state index contributed by atoms with van der Waals surface area (Å²) in [4.78, 5) is 9.42. The number of nitrogens with zero attached hydrogens (tertiary/aromatic N) is 3. The Morgan fingerprint density at radius 1 is 1.18 bits per heavy atom. The molecule has 3 rings (SSSR count). The van der Waals surface area contributed by atoms with Gasteiger partial charge in [-0.05, 0) is 6.92 Å². The maximum absolute atomic E-state index is 5.23. The van der Waals surface area contributed by atoms with E-state index in [1.54, 1.807) is 17.5 Å². The van der Waals surface area contributed by atoms with Gasteiger partial charge in [-0.2, -0.15) is 4.98 Å². The third kappa shape index (κ3) is 1.97. The Kier molecular flexibility index (Phi) is 2.45. The summed E-state index contributed by atoms with van der Waals surface area (Å²) in [6, 6.07) is 9.75. The van der Waals surface area contributed by atoms with Crippen LogP contribution >= 0.6 is 11.3 Å². The van der Waals surface area contributed by atoms with E-state index < -0.39 is 0 Å². The van der Waals surface area contributed by atoms with Crippen LogP contribution in [0.3, 0.4) is 0 Å². The zero-order chi connectivity index (χ0) is 11.7. The van der Waals surface area contributed by atoms with Crippen LogP contribution in [0.4, 0.5) is 0 Å². The molecule has 5 heteroatoms. The van der Waals surface area contributed by atoms with Gasteiger partial charge in [0.05, 0.1) is 11.2 Å². The van der Waals surface area contributed by atoms with Crippen LogP contribution < -0.4 is 0 Å².